The summed E-state index contributed by atoms with van der Waals surface area (Å²) in [7, 11) is 6.46. The van der Waals surface area contributed by atoms with Gasteiger partial charge in [0.15, 0.2) is 11.5 Å². The Bertz CT molecular complexity index is 1140. The molecule has 6 heteroatoms. The quantitative estimate of drug-likeness (QED) is 0.464. The lowest BCUT2D eigenvalue weighted by Crippen LogP contribution is -2.03. The summed E-state index contributed by atoms with van der Waals surface area (Å²) in [6.07, 6.45) is 0. The number of anilines is 1. The van der Waals surface area contributed by atoms with Gasteiger partial charge in [-0.2, -0.15) is 0 Å². The van der Waals surface area contributed by atoms with Crippen LogP contribution in [0.2, 0.25) is 0 Å². The number of rotatable bonds is 7. The maximum absolute atomic E-state index is 6.00. The Hall–Kier alpha value is -3.54. The molecule has 0 aliphatic carbocycles. The molecule has 1 aromatic heterocycles. The number of nitrogens with one attached hydrogen (secondary N) is 1. The van der Waals surface area contributed by atoms with Crippen LogP contribution >= 0.6 is 0 Å². The molecule has 29 heavy (non-hydrogen) atoms. The van der Waals surface area contributed by atoms with Crippen LogP contribution in [0.4, 0.5) is 5.69 Å². The van der Waals surface area contributed by atoms with Crippen molar-refractivity contribution >= 4 is 27.6 Å². The van der Waals surface area contributed by atoms with Crippen molar-refractivity contribution in [3.05, 3.63) is 54.1 Å². The zero-order chi connectivity index (χ0) is 20.4. The summed E-state index contributed by atoms with van der Waals surface area (Å²) in [5, 5.41) is 5.51. The zero-order valence-electron chi connectivity index (χ0n) is 16.9. The Morgan fingerprint density at radius 3 is 2.07 bits per heavy atom. The van der Waals surface area contributed by atoms with Gasteiger partial charge in [-0.1, -0.05) is 18.2 Å². The highest BCUT2D eigenvalue weighted by Gasteiger charge is 2.15. The largest absolute Gasteiger partial charge is 0.495 e. The van der Waals surface area contributed by atoms with Crippen LogP contribution in [0.1, 0.15) is 5.56 Å². The summed E-state index contributed by atoms with van der Waals surface area (Å²) < 4.78 is 27.9. The number of benzene rings is 3. The maximum atomic E-state index is 6.00. The Labute approximate surface area is 168 Å². The van der Waals surface area contributed by atoms with Gasteiger partial charge < -0.3 is 28.7 Å². The lowest BCUT2D eigenvalue weighted by atomic mass is 10.1. The Morgan fingerprint density at radius 2 is 1.41 bits per heavy atom. The number of hydrogen-bond acceptors (Lipinski definition) is 6. The molecular weight excluding hydrogens is 370 g/mol. The molecule has 4 rings (SSSR count). The number of furan rings is 1. The van der Waals surface area contributed by atoms with E-state index in [0.29, 0.717) is 23.8 Å². The first kappa shape index (κ1) is 18.8. The second-order valence-electron chi connectivity index (χ2n) is 6.53. The van der Waals surface area contributed by atoms with Crippen molar-refractivity contribution in [1.29, 1.82) is 0 Å². The van der Waals surface area contributed by atoms with E-state index < -0.39 is 0 Å². The topological polar surface area (TPSA) is 62.1 Å². The van der Waals surface area contributed by atoms with E-state index in [9.17, 15) is 0 Å². The molecule has 0 bridgehead atoms. The second-order valence-corrected chi connectivity index (χ2v) is 6.53. The third-order valence-electron chi connectivity index (χ3n) is 4.91. The van der Waals surface area contributed by atoms with E-state index >= 15 is 0 Å². The second kappa shape index (κ2) is 7.83. The fourth-order valence-corrected chi connectivity index (χ4v) is 3.49. The molecule has 0 saturated heterocycles. The summed E-state index contributed by atoms with van der Waals surface area (Å²) >= 11 is 0. The molecule has 0 aliphatic rings. The number of ether oxygens (including phenoxy) is 4. The van der Waals surface area contributed by atoms with E-state index in [1.165, 1.54) is 0 Å². The van der Waals surface area contributed by atoms with Gasteiger partial charge in [0.1, 0.15) is 16.9 Å². The van der Waals surface area contributed by atoms with Crippen molar-refractivity contribution in [1.82, 2.24) is 0 Å². The fourth-order valence-electron chi connectivity index (χ4n) is 3.49. The minimum Gasteiger partial charge on any atom is -0.495 e. The number of fused-ring (bicyclic) bond motifs is 3. The Balaban J connectivity index is 1.68. The van der Waals surface area contributed by atoms with Crippen molar-refractivity contribution in [2.24, 2.45) is 0 Å². The molecule has 0 amide bonds. The molecule has 0 fully saturated rings. The molecule has 0 saturated carbocycles. The molecule has 3 aromatic carbocycles. The highest BCUT2D eigenvalue weighted by Crippen LogP contribution is 2.39. The van der Waals surface area contributed by atoms with E-state index in [1.807, 2.05) is 48.5 Å². The first-order valence-electron chi connectivity index (χ1n) is 9.20. The van der Waals surface area contributed by atoms with Gasteiger partial charge in [-0.05, 0) is 29.8 Å². The van der Waals surface area contributed by atoms with Gasteiger partial charge in [-0.25, -0.2) is 0 Å². The Morgan fingerprint density at radius 1 is 0.724 bits per heavy atom. The molecule has 0 spiro atoms. The van der Waals surface area contributed by atoms with E-state index in [1.54, 1.807) is 28.4 Å². The zero-order valence-corrected chi connectivity index (χ0v) is 16.9. The van der Waals surface area contributed by atoms with Gasteiger partial charge in [0.05, 0.1) is 34.1 Å². The predicted octanol–water partition coefficient (Wildman–Crippen LogP) is 5.23. The molecule has 4 aromatic rings. The average Bonchev–Trinajstić information content (AvgIpc) is 3.13. The normalized spacial score (nSPS) is 10.9. The Kier molecular flexibility index (Phi) is 5.08. The summed E-state index contributed by atoms with van der Waals surface area (Å²) in [5.74, 6) is 2.54. The van der Waals surface area contributed by atoms with Gasteiger partial charge >= 0.3 is 0 Å². The smallest absolute Gasteiger partial charge is 0.203 e. The van der Waals surface area contributed by atoms with Crippen LogP contribution in [0, 0.1) is 0 Å². The van der Waals surface area contributed by atoms with Crippen molar-refractivity contribution in [3.63, 3.8) is 0 Å². The molecule has 1 heterocycles. The summed E-state index contributed by atoms with van der Waals surface area (Å²) in [5.41, 5.74) is 3.48. The lowest BCUT2D eigenvalue weighted by Gasteiger charge is -2.15. The number of methoxy groups -OCH3 is 4. The van der Waals surface area contributed by atoms with Gasteiger partial charge in [-0.15, -0.1) is 0 Å². The summed E-state index contributed by atoms with van der Waals surface area (Å²) in [6.45, 7) is 0.540. The first-order valence-corrected chi connectivity index (χ1v) is 9.20. The molecular formula is C23H23NO5. The van der Waals surface area contributed by atoms with E-state index in [4.69, 9.17) is 23.4 Å². The highest BCUT2D eigenvalue weighted by molar-refractivity contribution is 6.06. The monoisotopic (exact) mass is 393 g/mol. The van der Waals surface area contributed by atoms with Gasteiger partial charge in [0.25, 0.3) is 0 Å². The SMILES string of the molecule is COc1cc2c(cc1NCc1cc(OC)c(OC)c(OC)c1)oc1ccccc12. The van der Waals surface area contributed by atoms with Crippen molar-refractivity contribution in [2.45, 2.75) is 6.54 Å². The number of hydrogen-bond donors (Lipinski definition) is 1. The standard InChI is InChI=1S/C23H23NO5/c1-25-20-11-16-15-7-5-6-8-18(15)29-19(16)12-17(20)24-13-14-9-21(26-2)23(28-4)22(10-14)27-3/h5-12,24H,13H2,1-4H3. The third kappa shape index (κ3) is 3.38. The minimum absolute atomic E-state index is 0.540. The summed E-state index contributed by atoms with van der Waals surface area (Å²) in [6, 6.07) is 15.8. The predicted molar refractivity (Wildman–Crippen MR) is 114 cm³/mol. The molecule has 6 nitrogen and oxygen atoms in total. The molecule has 0 unspecified atom stereocenters. The van der Waals surface area contributed by atoms with E-state index in [0.717, 1.165) is 38.9 Å². The lowest BCUT2D eigenvalue weighted by molar-refractivity contribution is 0.324. The van der Waals surface area contributed by atoms with Crippen molar-refractivity contribution < 1.29 is 23.4 Å². The van der Waals surface area contributed by atoms with Crippen LogP contribution in [0.5, 0.6) is 23.0 Å². The van der Waals surface area contributed by atoms with Gasteiger partial charge in [0.2, 0.25) is 5.75 Å². The minimum atomic E-state index is 0.540. The molecule has 150 valence electrons. The van der Waals surface area contributed by atoms with Crippen LogP contribution in [0.3, 0.4) is 0 Å². The van der Waals surface area contributed by atoms with Crippen LogP contribution < -0.4 is 24.3 Å². The van der Waals surface area contributed by atoms with Crippen molar-refractivity contribution in [2.75, 3.05) is 33.8 Å². The van der Waals surface area contributed by atoms with E-state index in [-0.39, 0.29) is 0 Å². The van der Waals surface area contributed by atoms with Crippen LogP contribution in [-0.4, -0.2) is 28.4 Å². The molecule has 0 radical (unpaired) electrons. The van der Waals surface area contributed by atoms with Crippen LogP contribution in [0.15, 0.2) is 52.9 Å². The van der Waals surface area contributed by atoms with Crippen LogP contribution in [-0.2, 0) is 6.54 Å². The maximum Gasteiger partial charge on any atom is 0.203 e. The fraction of sp³-hybridized carbons (Fsp3) is 0.217. The van der Waals surface area contributed by atoms with Crippen molar-refractivity contribution in [3.8, 4) is 23.0 Å². The highest BCUT2D eigenvalue weighted by atomic mass is 16.5. The third-order valence-corrected chi connectivity index (χ3v) is 4.91. The van der Waals surface area contributed by atoms with Crippen LogP contribution in [0.25, 0.3) is 21.9 Å². The number of para-hydroxylation sites is 1. The first-order chi connectivity index (χ1) is 14.2. The molecule has 0 atom stereocenters. The van der Waals surface area contributed by atoms with Gasteiger partial charge in [0, 0.05) is 23.4 Å². The average molecular weight is 393 g/mol. The molecule has 1 N–H and O–H groups in total. The van der Waals surface area contributed by atoms with Gasteiger partial charge in [-0.3, -0.25) is 0 Å². The molecule has 0 aliphatic heterocycles. The van der Waals surface area contributed by atoms with E-state index in [2.05, 4.69) is 5.32 Å². The summed E-state index contributed by atoms with van der Waals surface area (Å²) in [4.78, 5) is 0.